The van der Waals surface area contributed by atoms with Gasteiger partial charge >= 0.3 is 0 Å². The first-order valence-electron chi connectivity index (χ1n) is 7.68. The molecule has 3 nitrogen and oxygen atoms in total. The average Bonchev–Trinajstić information content (AvgIpc) is 2.41. The zero-order valence-corrected chi connectivity index (χ0v) is 12.2. The summed E-state index contributed by atoms with van der Waals surface area (Å²) in [5.74, 6) is 0.822. The lowest BCUT2D eigenvalue weighted by Crippen LogP contribution is -2.55. The van der Waals surface area contributed by atoms with Crippen molar-refractivity contribution in [1.29, 1.82) is 0 Å². The highest BCUT2D eigenvalue weighted by atomic mass is 16.5. The summed E-state index contributed by atoms with van der Waals surface area (Å²) in [7, 11) is 1.85. The van der Waals surface area contributed by atoms with E-state index in [0.717, 1.165) is 19.0 Å². The second-order valence-electron chi connectivity index (χ2n) is 6.43. The monoisotopic (exact) mass is 254 g/mol. The molecule has 2 unspecified atom stereocenters. The van der Waals surface area contributed by atoms with Crippen LogP contribution in [0.5, 0.6) is 0 Å². The first-order valence-corrected chi connectivity index (χ1v) is 7.68. The minimum atomic E-state index is 0.0420. The fraction of sp³-hybridized carbons (Fsp3) is 1.00. The van der Waals surface area contributed by atoms with Gasteiger partial charge in [0.15, 0.2) is 0 Å². The van der Waals surface area contributed by atoms with Crippen LogP contribution in [0.3, 0.4) is 0 Å². The number of ether oxygens (including phenoxy) is 1. The van der Waals surface area contributed by atoms with Crippen molar-refractivity contribution >= 4 is 0 Å². The Morgan fingerprint density at radius 1 is 1.28 bits per heavy atom. The van der Waals surface area contributed by atoms with Crippen LogP contribution in [0.2, 0.25) is 0 Å². The van der Waals surface area contributed by atoms with Crippen molar-refractivity contribution in [3.05, 3.63) is 0 Å². The van der Waals surface area contributed by atoms with Crippen LogP contribution in [0.25, 0.3) is 0 Å². The molecule has 2 fully saturated rings. The van der Waals surface area contributed by atoms with Gasteiger partial charge in [-0.05, 0) is 45.1 Å². The van der Waals surface area contributed by atoms with E-state index in [1.807, 2.05) is 7.11 Å². The summed E-state index contributed by atoms with van der Waals surface area (Å²) >= 11 is 0. The third-order valence-electron chi connectivity index (χ3n) is 5.09. The molecule has 0 amide bonds. The third-order valence-corrected chi connectivity index (χ3v) is 5.09. The highest BCUT2D eigenvalue weighted by molar-refractivity contribution is 4.91. The van der Waals surface area contributed by atoms with E-state index >= 15 is 0 Å². The van der Waals surface area contributed by atoms with Gasteiger partial charge in [-0.1, -0.05) is 19.3 Å². The van der Waals surface area contributed by atoms with Crippen molar-refractivity contribution in [3.63, 3.8) is 0 Å². The first kappa shape index (κ1) is 14.3. The van der Waals surface area contributed by atoms with Gasteiger partial charge in [0.25, 0.3) is 0 Å². The molecule has 0 spiro atoms. The fourth-order valence-corrected chi connectivity index (χ4v) is 3.85. The number of nitrogens with two attached hydrogens (primary N) is 1. The molecule has 18 heavy (non-hydrogen) atoms. The predicted molar refractivity (Wildman–Crippen MR) is 75.6 cm³/mol. The van der Waals surface area contributed by atoms with Crippen LogP contribution < -0.4 is 5.73 Å². The molecule has 2 rings (SSSR count). The molecule has 1 saturated heterocycles. The van der Waals surface area contributed by atoms with Crippen molar-refractivity contribution < 1.29 is 4.74 Å². The maximum atomic E-state index is 6.08. The van der Waals surface area contributed by atoms with Crippen molar-refractivity contribution in [2.75, 3.05) is 26.7 Å². The van der Waals surface area contributed by atoms with E-state index in [-0.39, 0.29) is 5.60 Å². The quantitative estimate of drug-likeness (QED) is 0.837. The topological polar surface area (TPSA) is 38.5 Å². The van der Waals surface area contributed by atoms with Crippen LogP contribution in [-0.4, -0.2) is 43.3 Å². The number of piperidine rings is 1. The van der Waals surface area contributed by atoms with Gasteiger partial charge in [-0.3, -0.25) is 4.90 Å². The molecule has 2 aliphatic rings. The maximum Gasteiger partial charge on any atom is 0.0777 e. The van der Waals surface area contributed by atoms with Crippen LogP contribution in [0.15, 0.2) is 0 Å². The van der Waals surface area contributed by atoms with Crippen molar-refractivity contribution in [2.45, 2.75) is 63.5 Å². The normalized spacial score (nSPS) is 33.5. The van der Waals surface area contributed by atoms with E-state index in [0.29, 0.717) is 6.04 Å². The Balaban J connectivity index is 1.98. The summed E-state index contributed by atoms with van der Waals surface area (Å²) in [6.07, 6.45) is 9.40. The number of hydrogen-bond donors (Lipinski definition) is 1. The third kappa shape index (κ3) is 3.25. The van der Waals surface area contributed by atoms with E-state index in [1.165, 1.54) is 51.5 Å². The molecule has 2 atom stereocenters. The molecule has 0 radical (unpaired) electrons. The molecule has 0 aromatic heterocycles. The largest absolute Gasteiger partial charge is 0.377 e. The Bertz CT molecular complexity index is 253. The van der Waals surface area contributed by atoms with Gasteiger partial charge in [0.1, 0.15) is 0 Å². The van der Waals surface area contributed by atoms with Crippen LogP contribution >= 0.6 is 0 Å². The molecule has 0 aromatic carbocycles. The Morgan fingerprint density at radius 2 is 2.00 bits per heavy atom. The molecule has 106 valence electrons. The molecular weight excluding hydrogens is 224 g/mol. The Labute approximate surface area is 112 Å². The van der Waals surface area contributed by atoms with Gasteiger partial charge in [-0.15, -0.1) is 0 Å². The molecule has 2 N–H and O–H groups in total. The van der Waals surface area contributed by atoms with E-state index < -0.39 is 0 Å². The van der Waals surface area contributed by atoms with Crippen molar-refractivity contribution in [1.82, 2.24) is 4.90 Å². The molecular formula is C15H30N2O. The molecule has 3 heteroatoms. The second-order valence-corrected chi connectivity index (χ2v) is 6.43. The van der Waals surface area contributed by atoms with Gasteiger partial charge in [0.05, 0.1) is 5.60 Å². The number of rotatable bonds is 4. The molecule has 1 saturated carbocycles. The van der Waals surface area contributed by atoms with Gasteiger partial charge in [-0.2, -0.15) is 0 Å². The zero-order valence-electron chi connectivity index (χ0n) is 12.2. The highest BCUT2D eigenvalue weighted by Crippen LogP contribution is 2.32. The van der Waals surface area contributed by atoms with Gasteiger partial charge < -0.3 is 10.5 Å². The minimum absolute atomic E-state index is 0.0420. The second kappa shape index (κ2) is 6.36. The summed E-state index contributed by atoms with van der Waals surface area (Å²) in [6.45, 7) is 5.32. The summed E-state index contributed by atoms with van der Waals surface area (Å²) < 4.78 is 5.71. The lowest BCUT2D eigenvalue weighted by atomic mass is 9.81. The molecule has 0 bridgehead atoms. The summed E-state index contributed by atoms with van der Waals surface area (Å²) in [4.78, 5) is 2.61. The maximum absolute atomic E-state index is 6.08. The Hall–Kier alpha value is -0.120. The van der Waals surface area contributed by atoms with Crippen LogP contribution in [-0.2, 0) is 4.74 Å². The standard InChI is InChI=1S/C15H30N2O/c1-15(18-2)9-6-10-17(12-15)14(11-16)13-7-4-3-5-8-13/h13-14H,3-12,16H2,1-2H3. The molecule has 1 aliphatic carbocycles. The molecule has 1 heterocycles. The predicted octanol–water partition coefficient (Wildman–Crippen LogP) is 2.39. The summed E-state index contributed by atoms with van der Waals surface area (Å²) in [6, 6.07) is 0.583. The first-order chi connectivity index (χ1) is 8.68. The Kier molecular flexibility index (Phi) is 5.05. The van der Waals surface area contributed by atoms with Crippen LogP contribution in [0.4, 0.5) is 0 Å². The van der Waals surface area contributed by atoms with Gasteiger partial charge in [0.2, 0.25) is 0 Å². The zero-order chi connectivity index (χ0) is 13.0. The number of nitrogens with zero attached hydrogens (tertiary/aromatic N) is 1. The van der Waals surface area contributed by atoms with E-state index in [1.54, 1.807) is 0 Å². The minimum Gasteiger partial charge on any atom is -0.377 e. The summed E-state index contributed by atoms with van der Waals surface area (Å²) in [5.41, 5.74) is 6.12. The average molecular weight is 254 g/mol. The van der Waals surface area contributed by atoms with Gasteiger partial charge in [0, 0.05) is 26.2 Å². The van der Waals surface area contributed by atoms with E-state index in [4.69, 9.17) is 10.5 Å². The fourth-order valence-electron chi connectivity index (χ4n) is 3.85. The van der Waals surface area contributed by atoms with E-state index in [9.17, 15) is 0 Å². The lowest BCUT2D eigenvalue weighted by Gasteiger charge is -2.46. The van der Waals surface area contributed by atoms with Crippen LogP contribution in [0, 0.1) is 5.92 Å². The van der Waals surface area contributed by atoms with Gasteiger partial charge in [-0.25, -0.2) is 0 Å². The van der Waals surface area contributed by atoms with E-state index in [2.05, 4.69) is 11.8 Å². The smallest absolute Gasteiger partial charge is 0.0777 e. The van der Waals surface area contributed by atoms with Crippen molar-refractivity contribution in [3.8, 4) is 0 Å². The summed E-state index contributed by atoms with van der Waals surface area (Å²) in [5, 5.41) is 0. The number of methoxy groups -OCH3 is 1. The SMILES string of the molecule is COC1(C)CCCN(C(CN)C2CCCCC2)C1. The molecule has 0 aromatic rings. The molecule has 1 aliphatic heterocycles. The number of likely N-dealkylation sites (tertiary alicyclic amines) is 1. The van der Waals surface area contributed by atoms with Crippen molar-refractivity contribution in [2.24, 2.45) is 11.7 Å². The lowest BCUT2D eigenvalue weighted by molar-refractivity contribution is -0.0680. The Morgan fingerprint density at radius 3 is 2.61 bits per heavy atom. The van der Waals surface area contributed by atoms with Crippen LogP contribution in [0.1, 0.15) is 51.9 Å². The number of hydrogen-bond acceptors (Lipinski definition) is 3. The highest BCUT2D eigenvalue weighted by Gasteiger charge is 2.36.